The summed E-state index contributed by atoms with van der Waals surface area (Å²) in [5.74, 6) is -0.00724. The van der Waals surface area contributed by atoms with Gasteiger partial charge in [-0.15, -0.1) is 0 Å². The summed E-state index contributed by atoms with van der Waals surface area (Å²) >= 11 is 3.23. The Morgan fingerprint density at radius 1 is 1.53 bits per heavy atom. The molecule has 8 heteroatoms. The molecule has 1 atom stereocenters. The molecule has 1 aliphatic rings. The predicted octanol–water partition coefficient (Wildman–Crippen LogP) is 1.31. The van der Waals surface area contributed by atoms with Gasteiger partial charge >= 0.3 is 0 Å². The first-order chi connectivity index (χ1) is 8.80. The average Bonchev–Trinajstić information content (AvgIpc) is 2.64. The zero-order valence-corrected chi connectivity index (χ0v) is 12.9. The molecular formula is C11H14BrN3O3S. The van der Waals surface area contributed by atoms with Crippen molar-refractivity contribution in [3.05, 3.63) is 32.5 Å². The van der Waals surface area contributed by atoms with E-state index in [-0.39, 0.29) is 23.4 Å². The maximum Gasteiger partial charge on any atom is 0.283 e. The molecule has 104 valence electrons. The first-order valence-corrected chi connectivity index (χ1v) is 8.26. The highest BCUT2D eigenvalue weighted by atomic mass is 79.9. The molecular weight excluding hydrogens is 334 g/mol. The Labute approximate surface area is 119 Å². The van der Waals surface area contributed by atoms with Crippen LogP contribution in [0.25, 0.3) is 0 Å². The van der Waals surface area contributed by atoms with Crippen molar-refractivity contribution in [3.8, 4) is 0 Å². The average molecular weight is 348 g/mol. The zero-order chi connectivity index (χ0) is 14.2. The van der Waals surface area contributed by atoms with Crippen LogP contribution in [0.4, 0.5) is 5.69 Å². The highest BCUT2D eigenvalue weighted by molar-refractivity contribution is 9.10. The molecule has 0 saturated carbocycles. The summed E-state index contributed by atoms with van der Waals surface area (Å²) in [5, 5.41) is 8.22. The zero-order valence-electron chi connectivity index (χ0n) is 10.5. The number of rotatable bonds is 3. The number of hydrogen-bond acceptors (Lipinski definition) is 5. The molecule has 0 saturated heterocycles. The van der Waals surface area contributed by atoms with Gasteiger partial charge in [-0.2, -0.15) is 5.10 Å². The molecule has 1 N–H and O–H groups in total. The quantitative estimate of drug-likeness (QED) is 0.891. The lowest BCUT2D eigenvalue weighted by atomic mass is 10.3. The fourth-order valence-corrected chi connectivity index (χ4v) is 3.41. The van der Waals surface area contributed by atoms with E-state index in [9.17, 15) is 13.2 Å². The van der Waals surface area contributed by atoms with E-state index in [1.807, 2.05) is 13.8 Å². The Hall–Kier alpha value is -1.15. The van der Waals surface area contributed by atoms with Crippen LogP contribution >= 0.6 is 15.9 Å². The van der Waals surface area contributed by atoms with Gasteiger partial charge in [0.15, 0.2) is 9.84 Å². The highest BCUT2D eigenvalue weighted by Crippen LogP contribution is 2.20. The minimum Gasteiger partial charge on any atom is -0.375 e. The van der Waals surface area contributed by atoms with E-state index in [0.29, 0.717) is 10.2 Å². The van der Waals surface area contributed by atoms with Gasteiger partial charge in [0.1, 0.15) is 4.47 Å². The monoisotopic (exact) mass is 347 g/mol. The Bertz CT molecular complexity index is 679. The fraction of sp³-hybridized carbons (Fsp3) is 0.455. The summed E-state index contributed by atoms with van der Waals surface area (Å²) < 4.78 is 24.3. The van der Waals surface area contributed by atoms with Crippen molar-refractivity contribution in [3.63, 3.8) is 0 Å². The van der Waals surface area contributed by atoms with Crippen molar-refractivity contribution in [1.82, 2.24) is 9.78 Å². The lowest BCUT2D eigenvalue weighted by Gasteiger charge is -2.15. The van der Waals surface area contributed by atoms with Crippen LogP contribution in [0.3, 0.4) is 0 Å². The van der Waals surface area contributed by atoms with Crippen LogP contribution in [0, 0.1) is 0 Å². The third-order valence-corrected chi connectivity index (χ3v) is 4.87. The molecule has 0 bridgehead atoms. The van der Waals surface area contributed by atoms with Crippen LogP contribution in [0.5, 0.6) is 0 Å². The molecule has 1 aromatic heterocycles. The van der Waals surface area contributed by atoms with Crippen molar-refractivity contribution in [2.75, 3.05) is 11.1 Å². The normalized spacial score (nSPS) is 20.9. The van der Waals surface area contributed by atoms with E-state index in [0.717, 1.165) is 0 Å². The summed E-state index contributed by atoms with van der Waals surface area (Å²) in [5.41, 5.74) is 0.249. The van der Waals surface area contributed by atoms with E-state index in [2.05, 4.69) is 26.3 Å². The largest absolute Gasteiger partial charge is 0.375 e. The van der Waals surface area contributed by atoms with Crippen LogP contribution in [0.1, 0.15) is 19.9 Å². The van der Waals surface area contributed by atoms with Gasteiger partial charge in [-0.1, -0.05) is 6.08 Å². The number of hydrogen-bond donors (Lipinski definition) is 1. The van der Waals surface area contributed by atoms with Gasteiger partial charge in [0.2, 0.25) is 0 Å². The summed E-state index contributed by atoms with van der Waals surface area (Å²) in [6, 6.07) is -0.373. The van der Waals surface area contributed by atoms with Crippen LogP contribution in [0.15, 0.2) is 26.9 Å². The highest BCUT2D eigenvalue weighted by Gasteiger charge is 2.22. The second kappa shape index (κ2) is 5.09. The molecule has 1 aliphatic heterocycles. The van der Waals surface area contributed by atoms with Crippen molar-refractivity contribution >= 4 is 31.5 Å². The maximum atomic E-state index is 12.0. The maximum absolute atomic E-state index is 12.0. The summed E-state index contributed by atoms with van der Waals surface area (Å²) in [4.78, 5) is 12.0. The van der Waals surface area contributed by atoms with E-state index >= 15 is 0 Å². The Morgan fingerprint density at radius 3 is 2.74 bits per heavy atom. The SMILES string of the molecule is CC(C)n1ncc(NC2C=CS(=O)(=O)C2)c(Br)c1=O. The Morgan fingerprint density at radius 2 is 2.21 bits per heavy atom. The van der Waals surface area contributed by atoms with E-state index in [1.165, 1.54) is 16.3 Å². The lowest BCUT2D eigenvalue weighted by molar-refractivity contribution is 0.501. The molecule has 19 heavy (non-hydrogen) atoms. The van der Waals surface area contributed by atoms with Gasteiger partial charge in [0, 0.05) is 5.41 Å². The summed E-state index contributed by atoms with van der Waals surface area (Å²) in [6.07, 6.45) is 3.08. The topological polar surface area (TPSA) is 81.1 Å². The van der Waals surface area contributed by atoms with Gasteiger partial charge in [0.25, 0.3) is 5.56 Å². The minimum atomic E-state index is -3.12. The first-order valence-electron chi connectivity index (χ1n) is 5.75. The van der Waals surface area contributed by atoms with E-state index < -0.39 is 9.84 Å². The number of nitrogens with zero attached hydrogens (tertiary/aromatic N) is 2. The molecule has 0 spiro atoms. The lowest BCUT2D eigenvalue weighted by Crippen LogP contribution is -2.28. The van der Waals surface area contributed by atoms with Gasteiger partial charge in [0.05, 0.1) is 29.7 Å². The third-order valence-electron chi connectivity index (χ3n) is 2.70. The Balaban J connectivity index is 2.26. The Kier molecular flexibility index (Phi) is 3.82. The summed E-state index contributed by atoms with van der Waals surface area (Å²) in [6.45, 7) is 3.72. The predicted molar refractivity (Wildman–Crippen MR) is 76.9 cm³/mol. The molecule has 1 aromatic rings. The van der Waals surface area contributed by atoms with E-state index in [1.54, 1.807) is 6.08 Å². The van der Waals surface area contributed by atoms with Gasteiger partial charge in [-0.25, -0.2) is 13.1 Å². The molecule has 0 fully saturated rings. The van der Waals surface area contributed by atoms with Crippen LogP contribution in [0.2, 0.25) is 0 Å². The second-order valence-electron chi connectivity index (χ2n) is 4.62. The number of sulfone groups is 1. The summed E-state index contributed by atoms with van der Waals surface area (Å²) in [7, 11) is -3.12. The molecule has 2 heterocycles. The molecule has 0 radical (unpaired) electrons. The van der Waals surface area contributed by atoms with E-state index in [4.69, 9.17) is 0 Å². The minimum absolute atomic E-state index is 0.00724. The number of halogens is 1. The van der Waals surface area contributed by atoms with Crippen molar-refractivity contribution in [2.24, 2.45) is 0 Å². The molecule has 2 rings (SSSR count). The molecule has 0 aromatic carbocycles. The van der Waals surface area contributed by atoms with Crippen molar-refractivity contribution < 1.29 is 8.42 Å². The third kappa shape index (κ3) is 3.06. The second-order valence-corrected chi connectivity index (χ2v) is 7.35. The number of anilines is 1. The standard InChI is InChI=1S/C11H14BrN3O3S/c1-7(2)15-11(16)10(12)9(5-13-15)14-8-3-4-19(17,18)6-8/h3-5,7-8,14H,6H2,1-2H3. The fourth-order valence-electron chi connectivity index (χ4n) is 1.78. The molecule has 0 amide bonds. The van der Waals surface area contributed by atoms with Crippen LogP contribution in [-0.4, -0.2) is 30.0 Å². The molecule has 1 unspecified atom stereocenters. The first kappa shape index (κ1) is 14.3. The van der Waals surface area contributed by atoms with Gasteiger partial charge in [-0.05, 0) is 29.8 Å². The van der Waals surface area contributed by atoms with Gasteiger partial charge in [-0.3, -0.25) is 4.79 Å². The van der Waals surface area contributed by atoms with Gasteiger partial charge < -0.3 is 5.32 Å². The van der Waals surface area contributed by atoms with Crippen LogP contribution < -0.4 is 10.9 Å². The van der Waals surface area contributed by atoms with Crippen molar-refractivity contribution in [1.29, 1.82) is 0 Å². The number of aromatic nitrogens is 2. The van der Waals surface area contributed by atoms with Crippen LogP contribution in [-0.2, 0) is 9.84 Å². The molecule has 0 aliphatic carbocycles. The smallest absolute Gasteiger partial charge is 0.283 e. The molecule has 6 nitrogen and oxygen atoms in total. The number of nitrogens with one attached hydrogen (secondary N) is 1. The van der Waals surface area contributed by atoms with Crippen molar-refractivity contribution in [2.45, 2.75) is 25.9 Å².